The lowest BCUT2D eigenvalue weighted by atomic mass is 9.47. The van der Waals surface area contributed by atoms with Crippen LogP contribution in [-0.2, 0) is 4.74 Å². The lowest BCUT2D eigenvalue weighted by molar-refractivity contribution is -0.0581. The lowest BCUT2D eigenvalue weighted by Gasteiger charge is -2.58. The number of allylic oxidation sites excluding steroid dienone is 1. The quantitative estimate of drug-likeness (QED) is 0.346. The van der Waals surface area contributed by atoms with Gasteiger partial charge in [-0.3, -0.25) is 0 Å². The molecule has 3 fully saturated rings. The maximum absolute atomic E-state index is 12.1. The monoisotopic (exact) mass is 487 g/mol. The van der Waals surface area contributed by atoms with Crippen molar-refractivity contribution in [3.63, 3.8) is 0 Å². The minimum atomic E-state index is -0.224. The van der Waals surface area contributed by atoms with Gasteiger partial charge < -0.3 is 10.1 Å². The Bertz CT molecular complexity index is 744. The van der Waals surface area contributed by atoms with Gasteiger partial charge in [-0.2, -0.15) is 0 Å². The van der Waals surface area contributed by atoms with E-state index in [1.165, 1.54) is 57.8 Å². The standard InChI is InChI=1S/C31H53NO2.CH4/c1-7-19-32-29(33)34-24-15-17-30(5)23(20-24)11-12-25-27-14-13-26(22(4)10-8-9-21(2)3)31(27,6)18-16-28(25)30;/h11,21-22,24-28H,7-10,12-20H2,1-6H3,(H,32,33);1H4/t22?,24-,25?,26?,27?,28?,30?,31?;/m1./s1. The fourth-order valence-corrected chi connectivity index (χ4v) is 9.17. The van der Waals surface area contributed by atoms with Crippen LogP contribution in [0.2, 0.25) is 0 Å². The highest BCUT2D eigenvalue weighted by molar-refractivity contribution is 5.67. The third kappa shape index (κ3) is 5.64. The molecule has 4 aliphatic carbocycles. The number of amides is 1. The largest absolute Gasteiger partial charge is 0.446 e. The maximum atomic E-state index is 12.1. The van der Waals surface area contributed by atoms with E-state index in [1.54, 1.807) is 5.57 Å². The minimum Gasteiger partial charge on any atom is -0.446 e. The first-order chi connectivity index (χ1) is 16.2. The Labute approximate surface area is 217 Å². The molecule has 4 aliphatic rings. The molecule has 0 aliphatic heterocycles. The number of fused-ring (bicyclic) bond motifs is 5. The van der Waals surface area contributed by atoms with Crippen LogP contribution in [0.15, 0.2) is 11.6 Å². The first-order valence-corrected chi connectivity index (χ1v) is 14.8. The lowest BCUT2D eigenvalue weighted by Crippen LogP contribution is -2.51. The number of hydrogen-bond acceptors (Lipinski definition) is 2. The molecule has 4 rings (SSSR count). The van der Waals surface area contributed by atoms with Crippen molar-refractivity contribution >= 4 is 6.09 Å². The molecule has 3 saturated carbocycles. The number of ether oxygens (including phenoxy) is 1. The summed E-state index contributed by atoms with van der Waals surface area (Å²) in [5, 5.41) is 2.89. The molecule has 1 amide bonds. The van der Waals surface area contributed by atoms with Gasteiger partial charge in [0.25, 0.3) is 0 Å². The van der Waals surface area contributed by atoms with Crippen LogP contribution in [0.5, 0.6) is 0 Å². The molecular weight excluding hydrogens is 430 g/mol. The number of carbonyl (C=O) groups excluding carboxylic acids is 1. The van der Waals surface area contributed by atoms with Crippen molar-refractivity contribution < 1.29 is 9.53 Å². The molecule has 0 aromatic carbocycles. The molecule has 0 bridgehead atoms. The van der Waals surface area contributed by atoms with Crippen molar-refractivity contribution in [2.75, 3.05) is 6.54 Å². The Kier molecular flexibility index (Phi) is 9.47. The third-order valence-corrected chi connectivity index (χ3v) is 11.1. The van der Waals surface area contributed by atoms with Crippen LogP contribution in [0.1, 0.15) is 126 Å². The van der Waals surface area contributed by atoms with Crippen molar-refractivity contribution in [3.8, 4) is 0 Å². The van der Waals surface area contributed by atoms with E-state index in [0.29, 0.717) is 17.4 Å². The average Bonchev–Trinajstić information content (AvgIpc) is 3.15. The van der Waals surface area contributed by atoms with Crippen LogP contribution < -0.4 is 5.32 Å². The van der Waals surface area contributed by atoms with Gasteiger partial charge in [-0.1, -0.05) is 79.9 Å². The van der Waals surface area contributed by atoms with Gasteiger partial charge in [0.05, 0.1) is 0 Å². The van der Waals surface area contributed by atoms with Crippen LogP contribution >= 0.6 is 0 Å². The third-order valence-electron chi connectivity index (χ3n) is 11.1. The summed E-state index contributed by atoms with van der Waals surface area (Å²) in [6.45, 7) is 15.3. The van der Waals surface area contributed by atoms with E-state index in [0.717, 1.165) is 54.8 Å². The molecule has 0 aromatic heterocycles. The average molecular weight is 488 g/mol. The van der Waals surface area contributed by atoms with Crippen LogP contribution in [0.25, 0.3) is 0 Å². The Morgan fingerprint density at radius 3 is 2.57 bits per heavy atom. The second-order valence-corrected chi connectivity index (χ2v) is 13.5. The molecule has 1 N–H and O–H groups in total. The zero-order valence-corrected chi connectivity index (χ0v) is 23.1. The molecule has 0 radical (unpaired) electrons. The van der Waals surface area contributed by atoms with Gasteiger partial charge in [-0.05, 0) is 97.7 Å². The predicted octanol–water partition coefficient (Wildman–Crippen LogP) is 9.17. The van der Waals surface area contributed by atoms with Gasteiger partial charge >= 0.3 is 6.09 Å². The van der Waals surface area contributed by atoms with Gasteiger partial charge in [0, 0.05) is 13.0 Å². The summed E-state index contributed by atoms with van der Waals surface area (Å²) in [7, 11) is 0. The SMILES string of the molecule is C.CCCNC(=O)O[C@@H]1CCC2(C)C(=CCC3C2CCC2(C)C(C(C)CCCC(C)C)CCC32)C1. The fourth-order valence-electron chi connectivity index (χ4n) is 9.17. The highest BCUT2D eigenvalue weighted by Gasteiger charge is 2.59. The molecule has 8 atom stereocenters. The Morgan fingerprint density at radius 2 is 1.86 bits per heavy atom. The van der Waals surface area contributed by atoms with Gasteiger partial charge in [0.2, 0.25) is 0 Å². The topological polar surface area (TPSA) is 38.3 Å². The van der Waals surface area contributed by atoms with E-state index in [2.05, 4.69) is 52.9 Å². The van der Waals surface area contributed by atoms with E-state index >= 15 is 0 Å². The summed E-state index contributed by atoms with van der Waals surface area (Å²) in [4.78, 5) is 12.1. The summed E-state index contributed by atoms with van der Waals surface area (Å²) in [6.07, 6.45) is 17.8. The van der Waals surface area contributed by atoms with Crippen LogP contribution in [0.4, 0.5) is 4.79 Å². The van der Waals surface area contributed by atoms with Crippen LogP contribution in [0, 0.1) is 46.3 Å². The number of carbonyl (C=O) groups is 1. The first-order valence-electron chi connectivity index (χ1n) is 14.8. The molecule has 0 spiro atoms. The van der Waals surface area contributed by atoms with Crippen LogP contribution in [-0.4, -0.2) is 18.7 Å². The number of rotatable bonds is 8. The minimum absolute atomic E-state index is 0. The summed E-state index contributed by atoms with van der Waals surface area (Å²) in [6, 6.07) is 0. The van der Waals surface area contributed by atoms with Crippen molar-refractivity contribution in [1.82, 2.24) is 5.32 Å². The number of hydrogen-bond donors (Lipinski definition) is 1. The fraction of sp³-hybridized carbons (Fsp3) is 0.906. The second kappa shape index (κ2) is 11.6. The summed E-state index contributed by atoms with van der Waals surface area (Å²) >= 11 is 0. The van der Waals surface area contributed by atoms with Crippen LogP contribution in [0.3, 0.4) is 0 Å². The van der Waals surface area contributed by atoms with Gasteiger partial charge in [-0.15, -0.1) is 0 Å². The van der Waals surface area contributed by atoms with Crippen molar-refractivity contribution in [3.05, 3.63) is 11.6 Å². The van der Waals surface area contributed by atoms with Crippen molar-refractivity contribution in [2.24, 2.45) is 46.3 Å². The summed E-state index contributed by atoms with van der Waals surface area (Å²) in [5.74, 6) is 5.25. The van der Waals surface area contributed by atoms with E-state index in [4.69, 9.17) is 4.74 Å². The van der Waals surface area contributed by atoms with E-state index in [9.17, 15) is 4.79 Å². The maximum Gasteiger partial charge on any atom is 0.407 e. The highest BCUT2D eigenvalue weighted by atomic mass is 16.6. The summed E-state index contributed by atoms with van der Waals surface area (Å²) in [5.41, 5.74) is 2.48. The molecule has 202 valence electrons. The predicted molar refractivity (Wildman–Crippen MR) is 148 cm³/mol. The molecule has 3 heteroatoms. The molecule has 7 unspecified atom stereocenters. The van der Waals surface area contributed by atoms with E-state index < -0.39 is 0 Å². The number of alkyl carbamates (subject to hydrolysis) is 1. The van der Waals surface area contributed by atoms with Gasteiger partial charge in [-0.25, -0.2) is 4.79 Å². The van der Waals surface area contributed by atoms with Gasteiger partial charge in [0.1, 0.15) is 6.10 Å². The molecule has 3 nitrogen and oxygen atoms in total. The van der Waals surface area contributed by atoms with Crippen molar-refractivity contribution in [1.29, 1.82) is 0 Å². The molecule has 0 heterocycles. The zero-order chi connectivity index (χ0) is 24.5. The highest BCUT2D eigenvalue weighted by Crippen LogP contribution is 2.67. The smallest absolute Gasteiger partial charge is 0.407 e. The van der Waals surface area contributed by atoms with Crippen molar-refractivity contribution in [2.45, 2.75) is 132 Å². The van der Waals surface area contributed by atoms with Gasteiger partial charge in [0.15, 0.2) is 0 Å². The van der Waals surface area contributed by atoms with E-state index in [-0.39, 0.29) is 19.6 Å². The Morgan fingerprint density at radius 1 is 1.09 bits per heavy atom. The molecule has 35 heavy (non-hydrogen) atoms. The molecule has 0 saturated heterocycles. The zero-order valence-electron chi connectivity index (χ0n) is 23.1. The number of nitrogens with one attached hydrogen (secondary N) is 1. The summed E-state index contributed by atoms with van der Waals surface area (Å²) < 4.78 is 5.81. The first kappa shape index (κ1) is 28.6. The molecular formula is C32H57NO2. The second-order valence-electron chi connectivity index (χ2n) is 13.5. The normalized spacial score (nSPS) is 38.9. The van der Waals surface area contributed by atoms with E-state index in [1.807, 2.05) is 0 Å². The molecule has 0 aromatic rings. The Hall–Kier alpha value is -0.990. The Balaban J connectivity index is 0.00000342.